The Morgan fingerprint density at radius 3 is 2.52 bits per heavy atom. The van der Waals surface area contributed by atoms with Gasteiger partial charge in [0.1, 0.15) is 0 Å². The molecule has 2 aromatic carbocycles. The lowest BCUT2D eigenvalue weighted by Gasteiger charge is -2.05. The highest BCUT2D eigenvalue weighted by atomic mass is 16.5. The number of nitrogens with one attached hydrogen (secondary N) is 1. The van der Waals surface area contributed by atoms with Crippen molar-refractivity contribution in [3.63, 3.8) is 0 Å². The minimum Gasteiger partial charge on any atom is -0.504 e. The van der Waals surface area contributed by atoms with Gasteiger partial charge in [-0.15, -0.1) is 0 Å². The Kier molecular flexibility index (Phi) is 5.09. The Morgan fingerprint density at radius 1 is 1.09 bits per heavy atom. The molecule has 0 heterocycles. The van der Waals surface area contributed by atoms with Crippen LogP contribution in [0.4, 0.5) is 0 Å². The number of benzene rings is 2. The van der Waals surface area contributed by atoms with Crippen LogP contribution in [0.3, 0.4) is 0 Å². The van der Waals surface area contributed by atoms with Crippen molar-refractivity contribution in [3.8, 4) is 23.0 Å². The van der Waals surface area contributed by atoms with Crippen LogP contribution in [-0.2, 0) is 11.3 Å². The van der Waals surface area contributed by atoms with Crippen molar-refractivity contribution in [3.05, 3.63) is 53.6 Å². The normalized spacial score (nSPS) is 10.7. The van der Waals surface area contributed by atoms with Crippen molar-refractivity contribution in [1.82, 2.24) is 5.32 Å². The maximum Gasteiger partial charge on any atom is 0.244 e. The number of rotatable bonds is 5. The molecule has 120 valence electrons. The second kappa shape index (κ2) is 7.22. The van der Waals surface area contributed by atoms with Gasteiger partial charge in [0.15, 0.2) is 23.0 Å². The summed E-state index contributed by atoms with van der Waals surface area (Å²) >= 11 is 0. The van der Waals surface area contributed by atoms with Gasteiger partial charge in [-0.3, -0.25) is 4.79 Å². The lowest BCUT2D eigenvalue weighted by atomic mass is 10.2. The Bertz CT molecular complexity index is 740. The second-order valence-electron chi connectivity index (χ2n) is 4.81. The summed E-state index contributed by atoms with van der Waals surface area (Å²) in [7, 11) is 1.45. The average Bonchev–Trinajstić information content (AvgIpc) is 2.55. The molecule has 0 aliphatic rings. The Labute approximate surface area is 133 Å². The van der Waals surface area contributed by atoms with E-state index in [1.807, 2.05) is 0 Å². The third kappa shape index (κ3) is 4.41. The molecule has 0 aliphatic heterocycles. The molecule has 1 amide bonds. The molecule has 23 heavy (non-hydrogen) atoms. The number of hydrogen-bond donors (Lipinski definition) is 4. The highest BCUT2D eigenvalue weighted by molar-refractivity contribution is 5.91. The minimum atomic E-state index is -0.315. The predicted octanol–water partition coefficient (Wildman–Crippen LogP) is 2.14. The molecule has 0 unspecified atom stereocenters. The van der Waals surface area contributed by atoms with Gasteiger partial charge in [0, 0.05) is 12.6 Å². The van der Waals surface area contributed by atoms with E-state index in [2.05, 4.69) is 5.32 Å². The monoisotopic (exact) mass is 315 g/mol. The van der Waals surface area contributed by atoms with Gasteiger partial charge < -0.3 is 25.4 Å². The van der Waals surface area contributed by atoms with E-state index in [1.54, 1.807) is 24.3 Å². The van der Waals surface area contributed by atoms with Crippen LogP contribution in [0.2, 0.25) is 0 Å². The zero-order chi connectivity index (χ0) is 16.8. The number of amides is 1. The van der Waals surface area contributed by atoms with Gasteiger partial charge in [0.2, 0.25) is 5.91 Å². The molecule has 2 rings (SSSR count). The molecule has 4 N–H and O–H groups in total. The van der Waals surface area contributed by atoms with E-state index in [0.29, 0.717) is 16.9 Å². The van der Waals surface area contributed by atoms with Crippen molar-refractivity contribution in [2.75, 3.05) is 7.11 Å². The second-order valence-corrected chi connectivity index (χ2v) is 4.81. The van der Waals surface area contributed by atoms with Crippen molar-refractivity contribution in [2.45, 2.75) is 6.54 Å². The first-order valence-corrected chi connectivity index (χ1v) is 6.83. The van der Waals surface area contributed by atoms with E-state index < -0.39 is 0 Å². The standard InChI is InChI=1S/C17H17NO5/c1-23-16-9-11(2-6-14(16)20)4-7-17(22)18-10-12-3-5-13(19)15(21)8-12/h2-9,19-21H,10H2,1H3,(H,18,22)/b7-4+. The molecule has 0 saturated heterocycles. The smallest absolute Gasteiger partial charge is 0.244 e. The molecule has 0 spiro atoms. The van der Waals surface area contributed by atoms with Crippen LogP contribution in [0.25, 0.3) is 6.08 Å². The van der Waals surface area contributed by atoms with E-state index in [-0.39, 0.29) is 29.7 Å². The first-order valence-electron chi connectivity index (χ1n) is 6.83. The van der Waals surface area contributed by atoms with E-state index in [9.17, 15) is 20.1 Å². The highest BCUT2D eigenvalue weighted by Gasteiger charge is 2.03. The predicted molar refractivity (Wildman–Crippen MR) is 85.3 cm³/mol. The maximum atomic E-state index is 11.8. The highest BCUT2D eigenvalue weighted by Crippen LogP contribution is 2.27. The first kappa shape index (κ1) is 16.2. The van der Waals surface area contributed by atoms with Crippen molar-refractivity contribution >= 4 is 12.0 Å². The molecule has 0 saturated carbocycles. The number of ether oxygens (including phenoxy) is 1. The van der Waals surface area contributed by atoms with Crippen LogP contribution in [0.15, 0.2) is 42.5 Å². The maximum absolute atomic E-state index is 11.8. The van der Waals surface area contributed by atoms with E-state index in [1.165, 1.54) is 31.4 Å². The van der Waals surface area contributed by atoms with Crippen molar-refractivity contribution < 1.29 is 24.9 Å². The molecule has 6 nitrogen and oxygen atoms in total. The SMILES string of the molecule is COc1cc(/C=C/C(=O)NCc2ccc(O)c(O)c2)ccc1O. The number of phenolic OH excluding ortho intramolecular Hbond substituents is 3. The zero-order valence-corrected chi connectivity index (χ0v) is 12.5. The Morgan fingerprint density at radius 2 is 1.83 bits per heavy atom. The largest absolute Gasteiger partial charge is 0.504 e. The molecule has 0 bridgehead atoms. The molecule has 2 aromatic rings. The number of carbonyl (C=O) groups excluding carboxylic acids is 1. The average molecular weight is 315 g/mol. The number of hydrogen-bond acceptors (Lipinski definition) is 5. The fourth-order valence-corrected chi connectivity index (χ4v) is 1.90. The number of carbonyl (C=O) groups is 1. The van der Waals surface area contributed by atoms with Gasteiger partial charge in [-0.25, -0.2) is 0 Å². The number of phenols is 3. The summed E-state index contributed by atoms with van der Waals surface area (Å²) in [5.74, 6) is -0.400. The van der Waals surface area contributed by atoms with Crippen LogP contribution >= 0.6 is 0 Å². The quantitative estimate of drug-likeness (QED) is 0.500. The van der Waals surface area contributed by atoms with E-state index >= 15 is 0 Å². The number of aromatic hydroxyl groups is 3. The number of methoxy groups -OCH3 is 1. The summed E-state index contributed by atoms with van der Waals surface area (Å²) in [5.41, 5.74) is 1.37. The van der Waals surface area contributed by atoms with Crippen LogP contribution in [-0.4, -0.2) is 28.3 Å². The molecular weight excluding hydrogens is 298 g/mol. The molecule has 0 fully saturated rings. The van der Waals surface area contributed by atoms with Gasteiger partial charge >= 0.3 is 0 Å². The van der Waals surface area contributed by atoms with E-state index in [4.69, 9.17) is 4.74 Å². The first-order chi connectivity index (χ1) is 11.0. The Hall–Kier alpha value is -3.15. The lowest BCUT2D eigenvalue weighted by molar-refractivity contribution is -0.116. The summed E-state index contributed by atoms with van der Waals surface area (Å²) in [5, 5.41) is 30.8. The third-order valence-corrected chi connectivity index (χ3v) is 3.14. The third-order valence-electron chi connectivity index (χ3n) is 3.14. The van der Waals surface area contributed by atoms with Gasteiger partial charge in [0.25, 0.3) is 0 Å². The molecule has 0 aromatic heterocycles. The van der Waals surface area contributed by atoms with E-state index in [0.717, 1.165) is 0 Å². The van der Waals surface area contributed by atoms with Crippen molar-refractivity contribution in [2.24, 2.45) is 0 Å². The summed E-state index contributed by atoms with van der Waals surface area (Å²) in [6, 6.07) is 9.08. The Balaban J connectivity index is 1.95. The summed E-state index contributed by atoms with van der Waals surface area (Å²) in [4.78, 5) is 11.8. The minimum absolute atomic E-state index is 0.0289. The molecule has 0 atom stereocenters. The molecule has 6 heteroatoms. The summed E-state index contributed by atoms with van der Waals surface area (Å²) in [6.45, 7) is 0.218. The van der Waals surface area contributed by atoms with Crippen LogP contribution < -0.4 is 10.1 Å². The fourth-order valence-electron chi connectivity index (χ4n) is 1.90. The van der Waals surface area contributed by atoms with Gasteiger partial charge in [-0.2, -0.15) is 0 Å². The topological polar surface area (TPSA) is 99.0 Å². The fraction of sp³-hybridized carbons (Fsp3) is 0.118. The van der Waals surface area contributed by atoms with Crippen molar-refractivity contribution in [1.29, 1.82) is 0 Å². The van der Waals surface area contributed by atoms with Gasteiger partial charge in [0.05, 0.1) is 7.11 Å². The van der Waals surface area contributed by atoms with Crippen LogP contribution in [0, 0.1) is 0 Å². The van der Waals surface area contributed by atoms with Crippen LogP contribution in [0.1, 0.15) is 11.1 Å². The summed E-state index contributed by atoms with van der Waals surface area (Å²) < 4.78 is 4.99. The molecule has 0 radical (unpaired) electrons. The summed E-state index contributed by atoms with van der Waals surface area (Å²) in [6.07, 6.45) is 2.94. The molecular formula is C17H17NO5. The van der Waals surface area contributed by atoms with Gasteiger partial charge in [-0.1, -0.05) is 12.1 Å². The zero-order valence-electron chi connectivity index (χ0n) is 12.5. The molecule has 0 aliphatic carbocycles. The van der Waals surface area contributed by atoms with Gasteiger partial charge in [-0.05, 0) is 41.5 Å². The lowest BCUT2D eigenvalue weighted by Crippen LogP contribution is -2.20. The van der Waals surface area contributed by atoms with Crippen LogP contribution in [0.5, 0.6) is 23.0 Å².